The minimum Gasteiger partial charge on any atom is -0.444 e. The summed E-state index contributed by atoms with van der Waals surface area (Å²) in [5, 5.41) is 6.72. The van der Waals surface area contributed by atoms with Crippen LogP contribution in [0.3, 0.4) is 0 Å². The molecule has 0 atom stereocenters. The van der Waals surface area contributed by atoms with Crippen LogP contribution in [0.25, 0.3) is 0 Å². The minimum atomic E-state index is -0.459. The number of hydrogen-bond acceptors (Lipinski definition) is 3. The van der Waals surface area contributed by atoms with E-state index >= 15 is 0 Å². The predicted molar refractivity (Wildman–Crippen MR) is 113 cm³/mol. The third-order valence-corrected chi connectivity index (χ3v) is 3.92. The van der Waals surface area contributed by atoms with Crippen LogP contribution >= 0.6 is 24.0 Å². The summed E-state index contributed by atoms with van der Waals surface area (Å²) in [7, 11) is 0. The van der Waals surface area contributed by atoms with E-state index in [1.54, 1.807) is 0 Å². The summed E-state index contributed by atoms with van der Waals surface area (Å²) >= 11 is 0. The summed E-state index contributed by atoms with van der Waals surface area (Å²) in [6.45, 7) is 9.75. The van der Waals surface area contributed by atoms with Gasteiger partial charge in [0.15, 0.2) is 5.96 Å². The van der Waals surface area contributed by atoms with Crippen molar-refractivity contribution in [1.82, 2.24) is 15.5 Å². The van der Waals surface area contributed by atoms with Gasteiger partial charge in [0.25, 0.3) is 0 Å². The Morgan fingerprint density at radius 1 is 1.28 bits per heavy atom. The van der Waals surface area contributed by atoms with Crippen molar-refractivity contribution in [3.8, 4) is 0 Å². The van der Waals surface area contributed by atoms with E-state index in [-0.39, 0.29) is 30.1 Å². The smallest absolute Gasteiger partial charge is 0.410 e. The van der Waals surface area contributed by atoms with E-state index in [2.05, 4.69) is 34.7 Å². The average molecular weight is 464 g/mol. The van der Waals surface area contributed by atoms with Crippen molar-refractivity contribution in [1.29, 1.82) is 0 Å². The summed E-state index contributed by atoms with van der Waals surface area (Å²) in [6.07, 6.45) is 8.37. The molecule has 0 aliphatic heterocycles. The second-order valence-electron chi connectivity index (χ2n) is 7.45. The monoisotopic (exact) mass is 464 g/mol. The maximum absolute atomic E-state index is 12.3. The third kappa shape index (κ3) is 8.29. The van der Waals surface area contributed by atoms with Crippen LogP contribution in [0, 0.1) is 0 Å². The lowest BCUT2D eigenvalue weighted by Gasteiger charge is -2.27. The molecule has 144 valence electrons. The number of guanidine groups is 1. The van der Waals surface area contributed by atoms with Crippen LogP contribution in [0.15, 0.2) is 17.1 Å². The average Bonchev–Trinajstić information content (AvgIpc) is 3.18. The van der Waals surface area contributed by atoms with Crippen molar-refractivity contribution in [3.05, 3.63) is 12.2 Å². The zero-order valence-corrected chi connectivity index (χ0v) is 18.2. The van der Waals surface area contributed by atoms with Crippen LogP contribution in [0.4, 0.5) is 4.79 Å². The fraction of sp³-hybridized carbons (Fsp3) is 0.778. The highest BCUT2D eigenvalue weighted by atomic mass is 127. The maximum atomic E-state index is 12.3. The highest BCUT2D eigenvalue weighted by Crippen LogP contribution is 2.28. The van der Waals surface area contributed by atoms with E-state index in [9.17, 15) is 4.79 Å². The standard InChI is InChI=1S/C18H32N4O2.HI/c1-5-19-16(21-14-8-6-7-9-14)20-12-13-22(15-10-11-15)17(23)24-18(2,3)4;/h6-7,14-15H,5,8-13H2,1-4H3,(H2,19,20,21);1H. The molecular weight excluding hydrogens is 431 g/mol. The van der Waals surface area contributed by atoms with E-state index < -0.39 is 5.60 Å². The summed E-state index contributed by atoms with van der Waals surface area (Å²) in [5.74, 6) is 0.825. The molecule has 0 radical (unpaired) electrons. The third-order valence-electron chi connectivity index (χ3n) is 3.92. The number of ether oxygens (including phenoxy) is 1. The molecule has 0 aromatic rings. The van der Waals surface area contributed by atoms with Crippen molar-refractivity contribution in [2.24, 2.45) is 4.99 Å². The first kappa shape index (κ1) is 22.1. The molecule has 1 saturated carbocycles. The van der Waals surface area contributed by atoms with E-state index in [4.69, 9.17) is 4.74 Å². The number of hydrogen-bond donors (Lipinski definition) is 2. The number of carbonyl (C=O) groups excluding carboxylic acids is 1. The number of rotatable bonds is 6. The lowest BCUT2D eigenvalue weighted by molar-refractivity contribution is 0.0240. The highest BCUT2D eigenvalue weighted by molar-refractivity contribution is 14.0. The highest BCUT2D eigenvalue weighted by Gasteiger charge is 2.34. The van der Waals surface area contributed by atoms with E-state index in [0.717, 1.165) is 38.2 Å². The number of nitrogens with zero attached hydrogens (tertiary/aromatic N) is 2. The molecule has 2 N–H and O–H groups in total. The van der Waals surface area contributed by atoms with Gasteiger partial charge in [-0.05, 0) is 53.4 Å². The Labute approximate surface area is 168 Å². The first-order chi connectivity index (χ1) is 11.4. The maximum Gasteiger partial charge on any atom is 0.410 e. The van der Waals surface area contributed by atoms with Crippen molar-refractivity contribution >= 4 is 36.0 Å². The Bertz CT molecular complexity index is 476. The molecule has 25 heavy (non-hydrogen) atoms. The van der Waals surface area contributed by atoms with Crippen LogP contribution in [-0.4, -0.2) is 54.3 Å². The first-order valence-electron chi connectivity index (χ1n) is 9.08. The quantitative estimate of drug-likeness (QED) is 0.274. The molecule has 2 aliphatic carbocycles. The van der Waals surface area contributed by atoms with Crippen LogP contribution in [0.5, 0.6) is 0 Å². The van der Waals surface area contributed by atoms with Gasteiger partial charge in [-0.3, -0.25) is 4.99 Å². The van der Waals surface area contributed by atoms with Gasteiger partial charge in [0.2, 0.25) is 0 Å². The van der Waals surface area contributed by atoms with Crippen LogP contribution < -0.4 is 10.6 Å². The summed E-state index contributed by atoms with van der Waals surface area (Å²) in [5.41, 5.74) is -0.459. The fourth-order valence-corrected chi connectivity index (χ4v) is 2.65. The number of amides is 1. The second kappa shape index (κ2) is 10.2. The van der Waals surface area contributed by atoms with Crippen molar-refractivity contribution in [3.63, 3.8) is 0 Å². The van der Waals surface area contributed by atoms with Gasteiger partial charge in [0.05, 0.1) is 6.54 Å². The fourth-order valence-electron chi connectivity index (χ4n) is 2.65. The van der Waals surface area contributed by atoms with Gasteiger partial charge in [-0.25, -0.2) is 4.79 Å². The molecule has 0 spiro atoms. The second-order valence-corrected chi connectivity index (χ2v) is 7.45. The summed E-state index contributed by atoms with van der Waals surface area (Å²) < 4.78 is 5.51. The molecule has 0 aromatic heterocycles. The number of nitrogens with one attached hydrogen (secondary N) is 2. The molecule has 0 heterocycles. The molecule has 2 rings (SSSR count). The number of halogens is 1. The van der Waals surface area contributed by atoms with Crippen molar-refractivity contribution in [2.75, 3.05) is 19.6 Å². The number of carbonyl (C=O) groups is 1. The van der Waals surface area contributed by atoms with Gasteiger partial charge < -0.3 is 20.3 Å². The normalized spacial score (nSPS) is 17.8. The Balaban J connectivity index is 0.00000312. The van der Waals surface area contributed by atoms with Gasteiger partial charge in [0, 0.05) is 25.2 Å². The SMILES string of the molecule is CCNC(=NCCN(C(=O)OC(C)(C)C)C1CC1)NC1CC=CC1.I. The topological polar surface area (TPSA) is 66.0 Å². The van der Waals surface area contributed by atoms with Gasteiger partial charge >= 0.3 is 6.09 Å². The molecule has 0 unspecified atom stereocenters. The zero-order chi connectivity index (χ0) is 17.6. The van der Waals surface area contributed by atoms with Crippen molar-refractivity contribution < 1.29 is 9.53 Å². The van der Waals surface area contributed by atoms with E-state index in [1.807, 2.05) is 25.7 Å². The molecule has 1 amide bonds. The molecule has 7 heteroatoms. The molecule has 1 fully saturated rings. The van der Waals surface area contributed by atoms with Gasteiger partial charge in [0.1, 0.15) is 5.60 Å². The largest absolute Gasteiger partial charge is 0.444 e. The Morgan fingerprint density at radius 3 is 2.44 bits per heavy atom. The van der Waals surface area contributed by atoms with Crippen LogP contribution in [0.2, 0.25) is 0 Å². The molecule has 0 aromatic carbocycles. The summed E-state index contributed by atoms with van der Waals surface area (Å²) in [6, 6.07) is 0.748. The molecule has 0 saturated heterocycles. The lowest BCUT2D eigenvalue weighted by atomic mass is 10.2. The van der Waals surface area contributed by atoms with E-state index in [0.29, 0.717) is 25.2 Å². The molecule has 2 aliphatic rings. The Kier molecular flexibility index (Phi) is 9.02. The molecular formula is C18H33IN4O2. The molecule has 6 nitrogen and oxygen atoms in total. The predicted octanol–water partition coefficient (Wildman–Crippen LogP) is 3.28. The summed E-state index contributed by atoms with van der Waals surface area (Å²) in [4.78, 5) is 18.8. The van der Waals surface area contributed by atoms with Gasteiger partial charge in [-0.1, -0.05) is 12.2 Å². The van der Waals surface area contributed by atoms with Gasteiger partial charge in [-0.15, -0.1) is 24.0 Å². The van der Waals surface area contributed by atoms with Crippen molar-refractivity contribution in [2.45, 2.75) is 71.1 Å². The first-order valence-corrected chi connectivity index (χ1v) is 9.08. The zero-order valence-electron chi connectivity index (χ0n) is 15.9. The minimum absolute atomic E-state index is 0. The van der Waals surface area contributed by atoms with Crippen LogP contribution in [-0.2, 0) is 4.74 Å². The number of aliphatic imine (C=N–C) groups is 1. The Morgan fingerprint density at radius 2 is 1.92 bits per heavy atom. The molecule has 0 bridgehead atoms. The van der Waals surface area contributed by atoms with Crippen LogP contribution in [0.1, 0.15) is 53.4 Å². The Hall–Kier alpha value is -0.990. The lowest BCUT2D eigenvalue weighted by Crippen LogP contribution is -2.43. The van der Waals surface area contributed by atoms with Gasteiger partial charge in [-0.2, -0.15) is 0 Å². The van der Waals surface area contributed by atoms with E-state index in [1.165, 1.54) is 0 Å².